The van der Waals surface area contributed by atoms with Gasteiger partial charge in [0.25, 0.3) is 0 Å². The van der Waals surface area contributed by atoms with Gasteiger partial charge in [-0.1, -0.05) is 6.07 Å². The van der Waals surface area contributed by atoms with Crippen molar-refractivity contribution in [1.82, 2.24) is 4.31 Å². The summed E-state index contributed by atoms with van der Waals surface area (Å²) in [4.78, 5) is 10.5. The Hall–Kier alpha value is -1.47. The molecule has 0 spiro atoms. The number of carbonyl (C=O) groups is 1. The fourth-order valence-corrected chi connectivity index (χ4v) is 5.11. The van der Waals surface area contributed by atoms with Crippen molar-refractivity contribution in [2.45, 2.75) is 44.0 Å². The van der Waals surface area contributed by atoms with Crippen molar-refractivity contribution in [3.63, 3.8) is 0 Å². The van der Waals surface area contributed by atoms with Gasteiger partial charge in [0.15, 0.2) is 0 Å². The lowest BCUT2D eigenvalue weighted by atomic mass is 9.95. The lowest BCUT2D eigenvalue weighted by Crippen LogP contribution is -2.42. The average molecular weight is 329 g/mol. The molecule has 122 valence electrons. The molecule has 1 atom stereocenters. The summed E-state index contributed by atoms with van der Waals surface area (Å²) < 4.78 is 40.8. The summed E-state index contributed by atoms with van der Waals surface area (Å²) in [7, 11) is -4.00. The van der Waals surface area contributed by atoms with Crippen LogP contribution in [0, 0.1) is 18.7 Å². The smallest absolute Gasteiger partial charge is 0.303 e. The predicted molar refractivity (Wildman–Crippen MR) is 79.5 cm³/mol. The number of benzene rings is 1. The van der Waals surface area contributed by atoms with Gasteiger partial charge in [0.1, 0.15) is 10.7 Å². The van der Waals surface area contributed by atoms with Gasteiger partial charge in [0, 0.05) is 18.5 Å². The number of hydrogen-bond donors (Lipinski definition) is 1. The van der Waals surface area contributed by atoms with E-state index in [0.717, 1.165) is 6.07 Å². The van der Waals surface area contributed by atoms with E-state index >= 15 is 0 Å². The molecular weight excluding hydrogens is 309 g/mol. The highest BCUT2D eigenvalue weighted by molar-refractivity contribution is 7.89. The number of halogens is 1. The second-order valence-corrected chi connectivity index (χ2v) is 8.28. The van der Waals surface area contributed by atoms with E-state index in [4.69, 9.17) is 5.11 Å². The minimum atomic E-state index is -4.00. The van der Waals surface area contributed by atoms with Crippen LogP contribution < -0.4 is 0 Å². The minimum absolute atomic E-state index is 0.0915. The molecule has 2 rings (SSSR count). The van der Waals surface area contributed by atoms with E-state index in [1.165, 1.54) is 16.4 Å². The van der Waals surface area contributed by atoms with Gasteiger partial charge in [0.2, 0.25) is 10.0 Å². The highest BCUT2D eigenvalue weighted by Crippen LogP contribution is 2.39. The lowest BCUT2D eigenvalue weighted by molar-refractivity contribution is -0.138. The minimum Gasteiger partial charge on any atom is -0.481 e. The first-order chi connectivity index (χ1) is 10.0. The zero-order valence-electron chi connectivity index (χ0n) is 12.8. The molecule has 1 aromatic carbocycles. The Balaban J connectivity index is 2.40. The lowest BCUT2D eigenvalue weighted by Gasteiger charge is -2.30. The van der Waals surface area contributed by atoms with Crippen molar-refractivity contribution in [2.75, 3.05) is 6.54 Å². The van der Waals surface area contributed by atoms with Crippen LogP contribution in [0.2, 0.25) is 0 Å². The number of carboxylic acids is 1. The van der Waals surface area contributed by atoms with Crippen LogP contribution in [0.25, 0.3) is 0 Å². The van der Waals surface area contributed by atoms with E-state index < -0.39 is 27.3 Å². The van der Waals surface area contributed by atoms with Crippen LogP contribution in [0.3, 0.4) is 0 Å². The van der Waals surface area contributed by atoms with Crippen molar-refractivity contribution in [1.29, 1.82) is 0 Å². The summed E-state index contributed by atoms with van der Waals surface area (Å²) >= 11 is 0. The molecule has 0 aliphatic carbocycles. The van der Waals surface area contributed by atoms with E-state index in [-0.39, 0.29) is 23.8 Å². The second kappa shape index (κ2) is 5.62. The molecule has 0 radical (unpaired) electrons. The number of aliphatic carboxylic acids is 1. The maximum absolute atomic E-state index is 14.0. The fourth-order valence-electron chi connectivity index (χ4n) is 3.09. The van der Waals surface area contributed by atoms with Gasteiger partial charge in [-0.25, -0.2) is 12.8 Å². The third kappa shape index (κ3) is 3.15. The van der Waals surface area contributed by atoms with Crippen LogP contribution >= 0.6 is 0 Å². The summed E-state index contributed by atoms with van der Waals surface area (Å²) in [6.45, 7) is 5.26. The van der Waals surface area contributed by atoms with Crippen molar-refractivity contribution in [2.24, 2.45) is 5.92 Å². The van der Waals surface area contributed by atoms with Crippen molar-refractivity contribution >= 4 is 16.0 Å². The monoisotopic (exact) mass is 329 g/mol. The maximum Gasteiger partial charge on any atom is 0.303 e. The van der Waals surface area contributed by atoms with Crippen LogP contribution in [-0.2, 0) is 14.8 Å². The quantitative estimate of drug-likeness (QED) is 0.920. The molecule has 0 bridgehead atoms. The van der Waals surface area contributed by atoms with Gasteiger partial charge in [-0.05, 0) is 50.8 Å². The summed E-state index contributed by atoms with van der Waals surface area (Å²) in [5.41, 5.74) is -0.0890. The molecular formula is C15H20FNO4S. The third-order valence-corrected chi connectivity index (χ3v) is 6.10. The zero-order chi connectivity index (χ0) is 16.7. The zero-order valence-corrected chi connectivity index (χ0v) is 13.7. The van der Waals surface area contributed by atoms with Crippen LogP contribution in [0.15, 0.2) is 23.1 Å². The Morgan fingerprint density at radius 2 is 2.09 bits per heavy atom. The largest absolute Gasteiger partial charge is 0.481 e. The molecule has 1 N–H and O–H groups in total. The van der Waals surface area contributed by atoms with Gasteiger partial charge >= 0.3 is 5.97 Å². The van der Waals surface area contributed by atoms with Crippen LogP contribution in [0.1, 0.15) is 32.3 Å². The molecule has 1 fully saturated rings. The van der Waals surface area contributed by atoms with Gasteiger partial charge in [-0.15, -0.1) is 0 Å². The summed E-state index contributed by atoms with van der Waals surface area (Å²) in [6.07, 6.45) is 0.345. The Morgan fingerprint density at radius 3 is 2.68 bits per heavy atom. The normalized spacial score (nSPS) is 21.9. The Kier molecular flexibility index (Phi) is 4.32. The van der Waals surface area contributed by atoms with Gasteiger partial charge in [-0.3, -0.25) is 4.79 Å². The molecule has 1 aliphatic heterocycles. The first-order valence-corrected chi connectivity index (χ1v) is 8.49. The van der Waals surface area contributed by atoms with Crippen LogP contribution in [0.5, 0.6) is 0 Å². The number of nitrogens with zero attached hydrogens (tertiary/aromatic N) is 1. The van der Waals surface area contributed by atoms with Gasteiger partial charge in [-0.2, -0.15) is 4.31 Å². The summed E-state index contributed by atoms with van der Waals surface area (Å²) in [5, 5.41) is 8.90. The van der Waals surface area contributed by atoms with Crippen molar-refractivity contribution < 1.29 is 22.7 Å². The number of sulfonamides is 1. The molecule has 22 heavy (non-hydrogen) atoms. The number of aryl methyl sites for hydroxylation is 1. The molecule has 0 amide bonds. The van der Waals surface area contributed by atoms with Gasteiger partial charge in [0.05, 0.1) is 0 Å². The van der Waals surface area contributed by atoms with Crippen LogP contribution in [0.4, 0.5) is 4.39 Å². The molecule has 7 heteroatoms. The van der Waals surface area contributed by atoms with E-state index in [1.807, 2.05) is 0 Å². The average Bonchev–Trinajstić information content (AvgIpc) is 2.66. The fraction of sp³-hybridized carbons (Fsp3) is 0.533. The SMILES string of the molecule is Cc1ccc(F)c(S(=O)(=O)N2CC(CC(=O)O)CC2(C)C)c1. The van der Waals surface area contributed by atoms with Crippen molar-refractivity contribution in [3.8, 4) is 0 Å². The molecule has 1 unspecified atom stereocenters. The topological polar surface area (TPSA) is 74.7 Å². The standard InChI is InChI=1S/C15H20FNO4S/c1-10-4-5-12(16)13(6-10)22(20,21)17-9-11(7-14(18)19)8-15(17,2)3/h4-6,11H,7-9H2,1-3H3,(H,18,19). The summed E-state index contributed by atoms with van der Waals surface area (Å²) in [5.74, 6) is -2.01. The third-order valence-electron chi connectivity index (χ3n) is 4.01. The Bertz CT molecular complexity index is 699. The van der Waals surface area contributed by atoms with Crippen LogP contribution in [-0.4, -0.2) is 35.9 Å². The van der Waals surface area contributed by atoms with Gasteiger partial charge < -0.3 is 5.11 Å². The van der Waals surface area contributed by atoms with E-state index in [2.05, 4.69) is 0 Å². The molecule has 0 saturated carbocycles. The maximum atomic E-state index is 14.0. The first kappa shape index (κ1) is 16.9. The second-order valence-electron chi connectivity index (χ2n) is 6.45. The number of rotatable bonds is 4. The predicted octanol–water partition coefficient (Wildman–Crippen LogP) is 2.40. The molecule has 1 aliphatic rings. The molecule has 1 heterocycles. The number of hydrogen-bond acceptors (Lipinski definition) is 3. The molecule has 0 aromatic heterocycles. The molecule has 1 saturated heterocycles. The first-order valence-electron chi connectivity index (χ1n) is 7.05. The van der Waals surface area contributed by atoms with Crippen molar-refractivity contribution in [3.05, 3.63) is 29.6 Å². The summed E-state index contributed by atoms with van der Waals surface area (Å²) in [6, 6.07) is 3.96. The Morgan fingerprint density at radius 1 is 1.45 bits per heavy atom. The molecule has 5 nitrogen and oxygen atoms in total. The van der Waals surface area contributed by atoms with E-state index in [1.54, 1.807) is 20.8 Å². The van der Waals surface area contributed by atoms with E-state index in [9.17, 15) is 17.6 Å². The highest BCUT2D eigenvalue weighted by atomic mass is 32.2. The number of carboxylic acid groups (broad SMARTS) is 1. The Labute approximate surface area is 129 Å². The van der Waals surface area contributed by atoms with E-state index in [0.29, 0.717) is 12.0 Å². The highest BCUT2D eigenvalue weighted by Gasteiger charge is 2.46. The molecule has 1 aromatic rings.